The summed E-state index contributed by atoms with van der Waals surface area (Å²) in [4.78, 5) is 8.71. The zero-order valence-corrected chi connectivity index (χ0v) is 9.91. The fourth-order valence-electron chi connectivity index (χ4n) is 1.72. The van der Waals surface area contributed by atoms with Gasteiger partial charge in [0.2, 0.25) is 0 Å². The maximum Gasteiger partial charge on any atom is 0.161 e. The summed E-state index contributed by atoms with van der Waals surface area (Å²) in [6, 6.07) is 5.61. The number of halogens is 1. The van der Waals surface area contributed by atoms with Gasteiger partial charge in [0.15, 0.2) is 5.69 Å². The third-order valence-electron chi connectivity index (χ3n) is 2.76. The molecular weight excluding hydrogens is 224 g/mol. The van der Waals surface area contributed by atoms with Gasteiger partial charge in [-0.1, -0.05) is 11.6 Å². The first-order valence-corrected chi connectivity index (χ1v) is 5.58. The van der Waals surface area contributed by atoms with E-state index in [9.17, 15) is 0 Å². The van der Waals surface area contributed by atoms with Crippen molar-refractivity contribution < 1.29 is 0 Å². The predicted molar refractivity (Wildman–Crippen MR) is 63.7 cm³/mol. The van der Waals surface area contributed by atoms with E-state index < -0.39 is 0 Å². The Morgan fingerprint density at radius 2 is 2.00 bits per heavy atom. The molecule has 5 heteroatoms. The molecule has 84 valence electrons. The highest BCUT2D eigenvalue weighted by molar-refractivity contribution is 6.31. The number of piperazine rings is 1. The molecule has 4 nitrogen and oxygen atoms in total. The summed E-state index contributed by atoms with van der Waals surface area (Å²) in [7, 11) is 2.10. The fourth-order valence-corrected chi connectivity index (χ4v) is 1.87. The largest absolute Gasteiger partial charge is 0.354 e. The highest BCUT2D eigenvalue weighted by Gasteiger charge is 2.16. The molecule has 1 aliphatic heterocycles. The highest BCUT2D eigenvalue weighted by atomic mass is 35.5. The van der Waals surface area contributed by atoms with Crippen LogP contribution in [0, 0.1) is 11.3 Å². The standard InChI is InChI=1S/C11H13ClN4/c1-15-4-6-16(7-5-15)11-3-2-9(12)10(8-13)14-11/h2-3H,4-7H2,1H3. The van der Waals surface area contributed by atoms with Crippen molar-refractivity contribution in [1.82, 2.24) is 9.88 Å². The second kappa shape index (κ2) is 4.69. The summed E-state index contributed by atoms with van der Waals surface area (Å²) in [5, 5.41) is 9.28. The summed E-state index contributed by atoms with van der Waals surface area (Å²) in [5.74, 6) is 0.842. The van der Waals surface area contributed by atoms with Crippen LogP contribution < -0.4 is 4.90 Å². The lowest BCUT2D eigenvalue weighted by atomic mass is 10.3. The van der Waals surface area contributed by atoms with Crippen molar-refractivity contribution in [1.29, 1.82) is 5.26 Å². The van der Waals surface area contributed by atoms with Crippen molar-refractivity contribution in [3.05, 3.63) is 22.8 Å². The first kappa shape index (κ1) is 11.2. The zero-order chi connectivity index (χ0) is 11.5. The van der Waals surface area contributed by atoms with E-state index in [1.54, 1.807) is 6.07 Å². The average molecular weight is 237 g/mol. The Morgan fingerprint density at radius 1 is 1.31 bits per heavy atom. The van der Waals surface area contributed by atoms with Gasteiger partial charge >= 0.3 is 0 Å². The second-order valence-corrected chi connectivity index (χ2v) is 4.31. The summed E-state index contributed by atoms with van der Waals surface area (Å²) in [6.07, 6.45) is 0. The quantitative estimate of drug-likeness (QED) is 0.739. The maximum absolute atomic E-state index is 8.86. The van der Waals surface area contributed by atoms with E-state index in [0.717, 1.165) is 32.0 Å². The number of aromatic nitrogens is 1. The Balaban J connectivity index is 2.18. The molecule has 1 saturated heterocycles. The molecule has 0 atom stereocenters. The molecule has 1 aromatic heterocycles. The van der Waals surface area contributed by atoms with Gasteiger partial charge < -0.3 is 9.80 Å². The molecule has 0 radical (unpaired) electrons. The molecule has 0 saturated carbocycles. The minimum absolute atomic E-state index is 0.304. The minimum atomic E-state index is 0.304. The summed E-state index contributed by atoms with van der Waals surface area (Å²) in [5.41, 5.74) is 0.304. The molecule has 0 aromatic carbocycles. The molecule has 0 N–H and O–H groups in total. The molecule has 0 aliphatic carbocycles. The number of pyridine rings is 1. The Bertz CT molecular complexity index is 418. The molecule has 1 fully saturated rings. The number of likely N-dealkylation sites (N-methyl/N-ethyl adjacent to an activating group) is 1. The van der Waals surface area contributed by atoms with Crippen molar-refractivity contribution in [2.24, 2.45) is 0 Å². The fraction of sp³-hybridized carbons (Fsp3) is 0.455. The van der Waals surface area contributed by atoms with Crippen LogP contribution in [0.15, 0.2) is 12.1 Å². The SMILES string of the molecule is CN1CCN(c2ccc(Cl)c(C#N)n2)CC1. The normalized spacial score (nSPS) is 17.2. The third kappa shape index (κ3) is 2.26. The smallest absolute Gasteiger partial charge is 0.161 e. The van der Waals surface area contributed by atoms with Gasteiger partial charge in [-0.25, -0.2) is 4.98 Å². The van der Waals surface area contributed by atoms with Gasteiger partial charge in [-0.2, -0.15) is 5.26 Å². The number of rotatable bonds is 1. The van der Waals surface area contributed by atoms with Crippen molar-refractivity contribution in [3.63, 3.8) is 0 Å². The molecule has 1 aromatic rings. The second-order valence-electron chi connectivity index (χ2n) is 3.90. The van der Waals surface area contributed by atoms with E-state index in [0.29, 0.717) is 10.7 Å². The summed E-state index contributed by atoms with van der Waals surface area (Å²) in [6.45, 7) is 3.92. The number of hydrogen-bond donors (Lipinski definition) is 0. The molecule has 0 amide bonds. The number of hydrogen-bond acceptors (Lipinski definition) is 4. The molecule has 1 aliphatic rings. The topological polar surface area (TPSA) is 43.2 Å². The molecule has 16 heavy (non-hydrogen) atoms. The predicted octanol–water partition coefficient (Wildman–Crippen LogP) is 1.36. The van der Waals surface area contributed by atoms with E-state index in [4.69, 9.17) is 16.9 Å². The average Bonchev–Trinajstić information content (AvgIpc) is 2.31. The first-order chi connectivity index (χ1) is 7.70. The van der Waals surface area contributed by atoms with E-state index in [2.05, 4.69) is 21.8 Å². The molecule has 2 rings (SSSR count). The number of nitrogens with zero attached hydrogens (tertiary/aromatic N) is 4. The molecule has 0 spiro atoms. The van der Waals surface area contributed by atoms with Crippen LogP contribution in [0.4, 0.5) is 5.82 Å². The van der Waals surface area contributed by atoms with E-state index in [-0.39, 0.29) is 0 Å². The van der Waals surface area contributed by atoms with Gasteiger partial charge in [0.25, 0.3) is 0 Å². The summed E-state index contributed by atoms with van der Waals surface area (Å²) >= 11 is 5.85. The maximum atomic E-state index is 8.86. The van der Waals surface area contributed by atoms with Crippen molar-refractivity contribution in [3.8, 4) is 6.07 Å². The lowest BCUT2D eigenvalue weighted by molar-refractivity contribution is 0.312. The van der Waals surface area contributed by atoms with Gasteiger partial charge in [0, 0.05) is 26.2 Å². The van der Waals surface area contributed by atoms with Gasteiger partial charge in [0.05, 0.1) is 5.02 Å². The first-order valence-electron chi connectivity index (χ1n) is 5.21. The van der Waals surface area contributed by atoms with E-state index in [1.165, 1.54) is 0 Å². The number of anilines is 1. The molecule has 2 heterocycles. The Labute approximate surface area is 100 Å². The Kier molecular flexibility index (Phi) is 3.28. The van der Waals surface area contributed by atoms with Gasteiger partial charge in [-0.05, 0) is 19.2 Å². The van der Waals surface area contributed by atoms with Crippen LogP contribution in [0.2, 0.25) is 5.02 Å². The molecule has 0 unspecified atom stereocenters. The lowest BCUT2D eigenvalue weighted by Crippen LogP contribution is -2.44. The Morgan fingerprint density at radius 3 is 2.62 bits per heavy atom. The van der Waals surface area contributed by atoms with Crippen LogP contribution in [0.25, 0.3) is 0 Å². The van der Waals surface area contributed by atoms with Crippen LogP contribution in [-0.2, 0) is 0 Å². The third-order valence-corrected chi connectivity index (χ3v) is 3.07. The van der Waals surface area contributed by atoms with Crippen molar-refractivity contribution in [2.75, 3.05) is 38.1 Å². The van der Waals surface area contributed by atoms with Crippen molar-refractivity contribution >= 4 is 17.4 Å². The van der Waals surface area contributed by atoms with Gasteiger partial charge in [-0.15, -0.1) is 0 Å². The molecule has 0 bridgehead atoms. The van der Waals surface area contributed by atoms with Gasteiger partial charge in [-0.3, -0.25) is 0 Å². The highest BCUT2D eigenvalue weighted by Crippen LogP contribution is 2.19. The summed E-state index contributed by atoms with van der Waals surface area (Å²) < 4.78 is 0. The van der Waals surface area contributed by atoms with E-state index >= 15 is 0 Å². The monoisotopic (exact) mass is 236 g/mol. The van der Waals surface area contributed by atoms with E-state index in [1.807, 2.05) is 12.1 Å². The van der Waals surface area contributed by atoms with Crippen LogP contribution in [0.3, 0.4) is 0 Å². The molecular formula is C11H13ClN4. The lowest BCUT2D eigenvalue weighted by Gasteiger charge is -2.33. The van der Waals surface area contributed by atoms with Gasteiger partial charge in [0.1, 0.15) is 11.9 Å². The van der Waals surface area contributed by atoms with Crippen LogP contribution in [0.5, 0.6) is 0 Å². The Hall–Kier alpha value is -1.31. The minimum Gasteiger partial charge on any atom is -0.354 e. The van der Waals surface area contributed by atoms with Crippen LogP contribution in [-0.4, -0.2) is 43.1 Å². The zero-order valence-electron chi connectivity index (χ0n) is 9.15. The number of nitriles is 1. The van der Waals surface area contributed by atoms with Crippen LogP contribution >= 0.6 is 11.6 Å². The van der Waals surface area contributed by atoms with Crippen molar-refractivity contribution in [2.45, 2.75) is 0 Å². The van der Waals surface area contributed by atoms with Crippen LogP contribution in [0.1, 0.15) is 5.69 Å².